The van der Waals surface area contributed by atoms with E-state index in [1.54, 1.807) is 13.3 Å². The van der Waals surface area contributed by atoms with Gasteiger partial charge < -0.3 is 14.5 Å². The van der Waals surface area contributed by atoms with E-state index in [9.17, 15) is 13.2 Å². The fourth-order valence-electron chi connectivity index (χ4n) is 3.88. The molecule has 156 valence electrons. The highest BCUT2D eigenvalue weighted by Gasteiger charge is 2.31. The van der Waals surface area contributed by atoms with Crippen molar-refractivity contribution >= 4 is 32.8 Å². The molecule has 0 amide bonds. The van der Waals surface area contributed by atoms with Gasteiger partial charge in [-0.05, 0) is 30.7 Å². The van der Waals surface area contributed by atoms with Crippen LogP contribution in [0.3, 0.4) is 0 Å². The Morgan fingerprint density at radius 3 is 2.34 bits per heavy atom. The first kappa shape index (κ1) is 20.0. The number of nitrogens with zero attached hydrogens (tertiary/aromatic N) is 4. The summed E-state index contributed by atoms with van der Waals surface area (Å²) in [6.07, 6.45) is 1.98. The van der Waals surface area contributed by atoms with Gasteiger partial charge in [0.15, 0.2) is 9.84 Å². The van der Waals surface area contributed by atoms with Gasteiger partial charge in [-0.25, -0.2) is 13.1 Å². The molecule has 29 heavy (non-hydrogen) atoms. The number of piperazine rings is 1. The summed E-state index contributed by atoms with van der Waals surface area (Å²) in [5, 5.41) is 4.34. The quantitative estimate of drug-likeness (QED) is 0.716. The number of halogens is 1. The first-order valence-corrected chi connectivity index (χ1v) is 11.7. The minimum atomic E-state index is -3.11. The van der Waals surface area contributed by atoms with Crippen LogP contribution in [-0.4, -0.2) is 63.0 Å². The molecule has 1 atom stereocenters. The number of anilines is 2. The number of hydrogen-bond acceptors (Lipinski definition) is 7. The lowest BCUT2D eigenvalue weighted by Gasteiger charge is -2.37. The van der Waals surface area contributed by atoms with Crippen LogP contribution in [0.25, 0.3) is 0 Å². The van der Waals surface area contributed by atoms with Crippen LogP contribution >= 0.6 is 11.6 Å². The summed E-state index contributed by atoms with van der Waals surface area (Å²) in [5.74, 6) is 0.843. The molecule has 2 saturated heterocycles. The van der Waals surface area contributed by atoms with E-state index in [0.29, 0.717) is 25.2 Å². The van der Waals surface area contributed by atoms with Crippen LogP contribution in [0.1, 0.15) is 12.5 Å². The summed E-state index contributed by atoms with van der Waals surface area (Å²) in [6.45, 7) is 2.97. The van der Waals surface area contributed by atoms with E-state index in [1.807, 2.05) is 29.2 Å². The molecule has 0 unspecified atom stereocenters. The standard InChI is InChI=1S/C19H23ClN4O4S/c1-28-16-4-2-14(3-5-16)22-7-9-23(10-8-22)17-12-21-24(19(25)18(17)20)15-6-11-29(26,27)13-15/h2-5,12,15H,6-11,13H2,1H3/t15-/m0/s1. The summed E-state index contributed by atoms with van der Waals surface area (Å²) < 4.78 is 29.9. The van der Waals surface area contributed by atoms with E-state index in [-0.39, 0.29) is 16.5 Å². The molecule has 3 heterocycles. The topological polar surface area (TPSA) is 84.7 Å². The van der Waals surface area contributed by atoms with Crippen molar-refractivity contribution in [1.29, 1.82) is 0 Å². The maximum absolute atomic E-state index is 12.7. The van der Waals surface area contributed by atoms with Crippen LogP contribution in [0.5, 0.6) is 5.75 Å². The minimum absolute atomic E-state index is 0.0594. The Kier molecular flexibility index (Phi) is 5.44. The highest BCUT2D eigenvalue weighted by molar-refractivity contribution is 7.91. The number of methoxy groups -OCH3 is 1. The highest BCUT2D eigenvalue weighted by atomic mass is 35.5. The molecule has 8 nitrogen and oxygen atoms in total. The minimum Gasteiger partial charge on any atom is -0.497 e. The third-order valence-corrected chi connectivity index (χ3v) is 7.64. The Labute approximate surface area is 174 Å². The largest absolute Gasteiger partial charge is 0.497 e. The zero-order valence-corrected chi connectivity index (χ0v) is 17.7. The second-order valence-corrected chi connectivity index (χ2v) is 9.93. The van der Waals surface area contributed by atoms with Crippen molar-refractivity contribution in [3.63, 3.8) is 0 Å². The second kappa shape index (κ2) is 7.87. The highest BCUT2D eigenvalue weighted by Crippen LogP contribution is 2.27. The van der Waals surface area contributed by atoms with Crippen LogP contribution < -0.4 is 20.1 Å². The lowest BCUT2D eigenvalue weighted by Crippen LogP contribution is -2.47. The molecule has 10 heteroatoms. The molecule has 0 spiro atoms. The molecule has 4 rings (SSSR count). The number of aromatic nitrogens is 2. The molecule has 0 aliphatic carbocycles. The Hall–Kier alpha value is -2.26. The monoisotopic (exact) mass is 438 g/mol. The molecular weight excluding hydrogens is 416 g/mol. The Morgan fingerprint density at radius 1 is 1.10 bits per heavy atom. The third-order valence-electron chi connectivity index (χ3n) is 5.54. The summed E-state index contributed by atoms with van der Waals surface area (Å²) in [5.41, 5.74) is 1.29. The van der Waals surface area contributed by atoms with E-state index in [2.05, 4.69) is 10.00 Å². The molecular formula is C19H23ClN4O4S. The van der Waals surface area contributed by atoms with Gasteiger partial charge in [-0.15, -0.1) is 0 Å². The average molecular weight is 439 g/mol. The fourth-order valence-corrected chi connectivity index (χ4v) is 5.83. The molecule has 1 aromatic heterocycles. The maximum Gasteiger partial charge on any atom is 0.287 e. The van der Waals surface area contributed by atoms with E-state index in [1.165, 1.54) is 4.68 Å². The van der Waals surface area contributed by atoms with Crippen LogP contribution in [0.4, 0.5) is 11.4 Å². The van der Waals surface area contributed by atoms with Crippen molar-refractivity contribution in [3.8, 4) is 5.75 Å². The van der Waals surface area contributed by atoms with Crippen molar-refractivity contribution in [3.05, 3.63) is 45.8 Å². The van der Waals surface area contributed by atoms with Gasteiger partial charge in [-0.2, -0.15) is 5.10 Å². The Bertz CT molecular complexity index is 1050. The van der Waals surface area contributed by atoms with Crippen molar-refractivity contribution in [2.75, 3.05) is 54.6 Å². The van der Waals surface area contributed by atoms with Crippen molar-refractivity contribution in [1.82, 2.24) is 9.78 Å². The predicted octanol–water partition coefficient (Wildman–Crippen LogP) is 1.59. The fraction of sp³-hybridized carbons (Fsp3) is 0.474. The number of benzene rings is 1. The number of ether oxygens (including phenoxy) is 1. The van der Waals surface area contributed by atoms with Crippen LogP contribution in [-0.2, 0) is 9.84 Å². The van der Waals surface area contributed by atoms with E-state index in [4.69, 9.17) is 16.3 Å². The summed E-state index contributed by atoms with van der Waals surface area (Å²) >= 11 is 6.38. The summed E-state index contributed by atoms with van der Waals surface area (Å²) in [4.78, 5) is 17.0. The molecule has 2 aromatic rings. The van der Waals surface area contributed by atoms with Gasteiger partial charge in [-0.3, -0.25) is 4.79 Å². The van der Waals surface area contributed by atoms with Gasteiger partial charge in [0.05, 0.1) is 36.5 Å². The van der Waals surface area contributed by atoms with Crippen LogP contribution in [0.2, 0.25) is 5.02 Å². The lowest BCUT2D eigenvalue weighted by atomic mass is 10.2. The van der Waals surface area contributed by atoms with Gasteiger partial charge in [0.2, 0.25) is 0 Å². The Morgan fingerprint density at radius 2 is 1.76 bits per heavy atom. The molecule has 2 aliphatic heterocycles. The second-order valence-electron chi connectivity index (χ2n) is 7.32. The predicted molar refractivity (Wildman–Crippen MR) is 113 cm³/mol. The van der Waals surface area contributed by atoms with Gasteiger partial charge in [0.1, 0.15) is 10.8 Å². The average Bonchev–Trinajstić information content (AvgIpc) is 3.09. The van der Waals surface area contributed by atoms with Crippen molar-refractivity contribution in [2.45, 2.75) is 12.5 Å². The van der Waals surface area contributed by atoms with Gasteiger partial charge in [-0.1, -0.05) is 11.6 Å². The first-order valence-electron chi connectivity index (χ1n) is 9.49. The van der Waals surface area contributed by atoms with E-state index >= 15 is 0 Å². The van der Waals surface area contributed by atoms with Crippen molar-refractivity contribution in [2.24, 2.45) is 0 Å². The molecule has 0 saturated carbocycles. The SMILES string of the molecule is COc1ccc(N2CCN(c3cnn([C@H]4CCS(=O)(=O)C4)c(=O)c3Cl)CC2)cc1. The Balaban J connectivity index is 1.47. The third kappa shape index (κ3) is 4.06. The number of rotatable bonds is 4. The lowest BCUT2D eigenvalue weighted by molar-refractivity contribution is 0.415. The van der Waals surface area contributed by atoms with Gasteiger partial charge >= 0.3 is 0 Å². The van der Waals surface area contributed by atoms with Crippen molar-refractivity contribution < 1.29 is 13.2 Å². The first-order chi connectivity index (χ1) is 13.9. The number of hydrogen-bond donors (Lipinski definition) is 0. The summed E-state index contributed by atoms with van der Waals surface area (Å²) in [6, 6.07) is 7.49. The van der Waals surface area contributed by atoms with Crippen LogP contribution in [0, 0.1) is 0 Å². The normalized spacial score (nSPS) is 21.4. The van der Waals surface area contributed by atoms with Gasteiger partial charge in [0, 0.05) is 31.9 Å². The summed E-state index contributed by atoms with van der Waals surface area (Å²) in [7, 11) is -1.46. The number of sulfone groups is 1. The molecule has 0 bridgehead atoms. The zero-order valence-electron chi connectivity index (χ0n) is 16.1. The molecule has 2 fully saturated rings. The zero-order chi connectivity index (χ0) is 20.6. The molecule has 0 radical (unpaired) electrons. The van der Waals surface area contributed by atoms with E-state index < -0.39 is 21.4 Å². The van der Waals surface area contributed by atoms with Crippen LogP contribution in [0.15, 0.2) is 35.3 Å². The molecule has 0 N–H and O–H groups in total. The van der Waals surface area contributed by atoms with E-state index in [0.717, 1.165) is 24.5 Å². The molecule has 2 aliphatic rings. The smallest absolute Gasteiger partial charge is 0.287 e. The van der Waals surface area contributed by atoms with Gasteiger partial charge in [0.25, 0.3) is 5.56 Å². The maximum atomic E-state index is 12.7. The molecule has 1 aromatic carbocycles.